The number of aliphatic hydroxyl groups is 1. The highest BCUT2D eigenvalue weighted by Crippen LogP contribution is 2.32. The first-order chi connectivity index (χ1) is 7.83. The highest BCUT2D eigenvalue weighted by atomic mass is 16.3. The molecule has 0 aromatic heterocycles. The average molecular weight is 236 g/mol. The van der Waals surface area contributed by atoms with E-state index < -0.39 is 5.60 Å². The molecule has 1 aliphatic rings. The van der Waals surface area contributed by atoms with Crippen LogP contribution >= 0.6 is 0 Å². The van der Waals surface area contributed by atoms with E-state index in [9.17, 15) is 9.90 Å². The number of hydrogen-bond acceptors (Lipinski definition) is 2. The van der Waals surface area contributed by atoms with Gasteiger partial charge in [0.2, 0.25) is 0 Å². The molecule has 0 spiro atoms. The Kier molecular flexibility index (Phi) is 4.70. The van der Waals surface area contributed by atoms with Gasteiger partial charge in [-0.25, -0.2) is 0 Å². The van der Waals surface area contributed by atoms with Crippen molar-refractivity contribution >= 4 is 5.78 Å². The van der Waals surface area contributed by atoms with E-state index in [2.05, 4.69) is 19.9 Å². The maximum Gasteiger partial charge on any atom is 0.161 e. The van der Waals surface area contributed by atoms with E-state index in [0.29, 0.717) is 12.3 Å². The topological polar surface area (TPSA) is 37.3 Å². The van der Waals surface area contributed by atoms with Crippen LogP contribution < -0.4 is 0 Å². The number of ketones is 1. The van der Waals surface area contributed by atoms with Gasteiger partial charge < -0.3 is 5.11 Å². The molecule has 1 aliphatic carbocycles. The Hall–Kier alpha value is -0.890. The van der Waals surface area contributed by atoms with Crippen molar-refractivity contribution in [2.24, 2.45) is 11.8 Å². The van der Waals surface area contributed by atoms with Crippen LogP contribution in [0.1, 0.15) is 47.0 Å². The van der Waals surface area contributed by atoms with Crippen molar-refractivity contribution in [2.45, 2.75) is 52.6 Å². The highest BCUT2D eigenvalue weighted by molar-refractivity contribution is 5.94. The molecule has 0 fully saturated rings. The van der Waals surface area contributed by atoms with Gasteiger partial charge in [-0.3, -0.25) is 4.79 Å². The summed E-state index contributed by atoms with van der Waals surface area (Å²) in [5, 5.41) is 10.4. The molecule has 2 atom stereocenters. The molecule has 0 unspecified atom stereocenters. The molecule has 1 rings (SSSR count). The van der Waals surface area contributed by atoms with Gasteiger partial charge in [-0.05, 0) is 45.1 Å². The van der Waals surface area contributed by atoms with Gasteiger partial charge in [-0.2, -0.15) is 0 Å². The summed E-state index contributed by atoms with van der Waals surface area (Å²) in [6.45, 7) is 7.95. The zero-order valence-corrected chi connectivity index (χ0v) is 11.4. The van der Waals surface area contributed by atoms with Crippen molar-refractivity contribution in [2.75, 3.05) is 0 Å². The van der Waals surface area contributed by atoms with E-state index in [0.717, 1.165) is 18.4 Å². The summed E-state index contributed by atoms with van der Waals surface area (Å²) >= 11 is 0. The fraction of sp³-hybridized carbons (Fsp3) is 0.667. The molecule has 96 valence electrons. The predicted molar refractivity (Wildman–Crippen MR) is 70.7 cm³/mol. The molecule has 0 heterocycles. The number of carbonyl (C=O) groups excluding carboxylic acids is 1. The summed E-state index contributed by atoms with van der Waals surface area (Å²) < 4.78 is 0. The Morgan fingerprint density at radius 3 is 2.76 bits per heavy atom. The van der Waals surface area contributed by atoms with E-state index in [-0.39, 0.29) is 11.7 Å². The van der Waals surface area contributed by atoms with Crippen LogP contribution in [-0.2, 0) is 4.79 Å². The summed E-state index contributed by atoms with van der Waals surface area (Å²) in [5.74, 6) is 0.315. The van der Waals surface area contributed by atoms with Crippen molar-refractivity contribution in [3.63, 3.8) is 0 Å². The Morgan fingerprint density at radius 1 is 1.59 bits per heavy atom. The van der Waals surface area contributed by atoms with Gasteiger partial charge in [-0.15, -0.1) is 0 Å². The second-order valence-electron chi connectivity index (χ2n) is 5.72. The van der Waals surface area contributed by atoms with Crippen LogP contribution in [0, 0.1) is 11.8 Å². The van der Waals surface area contributed by atoms with Gasteiger partial charge in [-0.1, -0.05) is 31.6 Å². The molecule has 0 aromatic rings. The summed E-state index contributed by atoms with van der Waals surface area (Å²) in [7, 11) is 0. The second-order valence-corrected chi connectivity index (χ2v) is 5.72. The van der Waals surface area contributed by atoms with Gasteiger partial charge in [0.1, 0.15) is 0 Å². The molecule has 0 amide bonds. The first kappa shape index (κ1) is 14.2. The minimum atomic E-state index is -0.917. The van der Waals surface area contributed by atoms with Crippen LogP contribution in [0.2, 0.25) is 0 Å². The quantitative estimate of drug-likeness (QED) is 0.761. The maximum absolute atomic E-state index is 11.9. The van der Waals surface area contributed by atoms with Crippen molar-refractivity contribution in [1.29, 1.82) is 0 Å². The second kappa shape index (κ2) is 5.63. The van der Waals surface area contributed by atoms with Gasteiger partial charge in [0, 0.05) is 0 Å². The third-order valence-corrected chi connectivity index (χ3v) is 3.36. The summed E-state index contributed by atoms with van der Waals surface area (Å²) in [6.07, 6.45) is 7.99. The van der Waals surface area contributed by atoms with Crippen LogP contribution in [0.5, 0.6) is 0 Å². The lowest BCUT2D eigenvalue weighted by atomic mass is 9.76. The minimum absolute atomic E-state index is 0.0803. The van der Waals surface area contributed by atoms with Gasteiger partial charge in [0.25, 0.3) is 0 Å². The van der Waals surface area contributed by atoms with E-state index in [1.54, 1.807) is 13.0 Å². The van der Waals surface area contributed by atoms with Gasteiger partial charge in [0.05, 0.1) is 11.5 Å². The van der Waals surface area contributed by atoms with Crippen LogP contribution in [0.3, 0.4) is 0 Å². The van der Waals surface area contributed by atoms with Crippen LogP contribution in [0.15, 0.2) is 23.8 Å². The molecule has 0 saturated heterocycles. The van der Waals surface area contributed by atoms with E-state index >= 15 is 0 Å². The Labute approximate surface area is 104 Å². The van der Waals surface area contributed by atoms with Crippen LogP contribution in [0.25, 0.3) is 0 Å². The molecule has 1 N–H and O–H groups in total. The number of allylic oxidation sites excluding steroid dienone is 3. The van der Waals surface area contributed by atoms with Crippen molar-refractivity contribution in [3.05, 3.63) is 23.8 Å². The molecule has 17 heavy (non-hydrogen) atoms. The highest BCUT2D eigenvalue weighted by Gasteiger charge is 2.36. The SMILES string of the molecule is CC1=CC(=O)[C@@H]([C@@](C)(O)C/C=C/C(C)C)CC1. The summed E-state index contributed by atoms with van der Waals surface area (Å²) in [6, 6.07) is 0. The van der Waals surface area contributed by atoms with Crippen molar-refractivity contribution < 1.29 is 9.90 Å². The molecule has 0 radical (unpaired) electrons. The molecule has 2 nitrogen and oxygen atoms in total. The molecule has 0 aromatic carbocycles. The van der Waals surface area contributed by atoms with Crippen molar-refractivity contribution in [3.8, 4) is 0 Å². The first-order valence-electron chi connectivity index (χ1n) is 6.43. The summed E-state index contributed by atoms with van der Waals surface area (Å²) in [4.78, 5) is 11.9. The Balaban J connectivity index is 2.67. The first-order valence-corrected chi connectivity index (χ1v) is 6.43. The third kappa shape index (κ3) is 4.12. The smallest absolute Gasteiger partial charge is 0.161 e. The van der Waals surface area contributed by atoms with Crippen molar-refractivity contribution in [1.82, 2.24) is 0 Å². The lowest BCUT2D eigenvalue weighted by molar-refractivity contribution is -0.127. The van der Waals surface area contributed by atoms with E-state index in [4.69, 9.17) is 0 Å². The maximum atomic E-state index is 11.9. The molecular weight excluding hydrogens is 212 g/mol. The molecule has 0 aliphatic heterocycles. The standard InChI is InChI=1S/C15H24O2/c1-11(2)6-5-9-15(4,17)13-8-7-12(3)10-14(13)16/h5-6,10-11,13,17H,7-9H2,1-4H3/b6-5+/t13-,15-/m0/s1. The molecule has 0 bridgehead atoms. The number of rotatable bonds is 4. The van der Waals surface area contributed by atoms with Crippen LogP contribution in [-0.4, -0.2) is 16.5 Å². The van der Waals surface area contributed by atoms with E-state index in [1.807, 2.05) is 13.0 Å². The normalized spacial score (nSPS) is 25.2. The Bertz CT molecular complexity index is 335. The molecule has 2 heteroatoms. The number of hydrogen-bond donors (Lipinski definition) is 1. The Morgan fingerprint density at radius 2 is 2.24 bits per heavy atom. The van der Waals surface area contributed by atoms with Gasteiger partial charge in [0.15, 0.2) is 5.78 Å². The minimum Gasteiger partial charge on any atom is -0.389 e. The zero-order valence-electron chi connectivity index (χ0n) is 11.4. The average Bonchev–Trinajstić information content (AvgIpc) is 2.15. The fourth-order valence-corrected chi connectivity index (χ4v) is 2.27. The fourth-order valence-electron chi connectivity index (χ4n) is 2.27. The van der Waals surface area contributed by atoms with Gasteiger partial charge >= 0.3 is 0 Å². The number of carbonyl (C=O) groups is 1. The predicted octanol–water partition coefficient (Wildman–Crippen LogP) is 3.27. The largest absolute Gasteiger partial charge is 0.389 e. The monoisotopic (exact) mass is 236 g/mol. The lowest BCUT2D eigenvalue weighted by Crippen LogP contribution is -2.40. The third-order valence-electron chi connectivity index (χ3n) is 3.36. The zero-order chi connectivity index (χ0) is 13.1. The molecule has 0 saturated carbocycles. The molecular formula is C15H24O2. The lowest BCUT2D eigenvalue weighted by Gasteiger charge is -2.32. The summed E-state index contributed by atoms with van der Waals surface area (Å²) in [5.41, 5.74) is 0.208. The van der Waals surface area contributed by atoms with Crippen LogP contribution in [0.4, 0.5) is 0 Å². The van der Waals surface area contributed by atoms with E-state index in [1.165, 1.54) is 0 Å².